The minimum absolute atomic E-state index is 0.0189. The van der Waals surface area contributed by atoms with Crippen molar-refractivity contribution < 1.29 is 52.7 Å². The number of imidazole rings is 1. The summed E-state index contributed by atoms with van der Waals surface area (Å²) >= 11 is 1.46. The van der Waals surface area contributed by atoms with Gasteiger partial charge in [-0.1, -0.05) is 62.4 Å². The molecule has 3 heterocycles. The predicted molar refractivity (Wildman–Crippen MR) is 283 cm³/mol. The molecule has 15 N–H and O–H groups in total. The Labute approximate surface area is 448 Å². The van der Waals surface area contributed by atoms with Gasteiger partial charge in [0.2, 0.25) is 65.0 Å². The Bertz CT molecular complexity index is 2740. The second-order valence-electron chi connectivity index (χ2n) is 18.9. The topological polar surface area (TPSA) is 393 Å². The van der Waals surface area contributed by atoms with E-state index < -0.39 is 120 Å². The molecule has 2 aromatic carbocycles. The number of para-hydroxylation sites is 1. The lowest BCUT2D eigenvalue weighted by atomic mass is 10.0. The molecule has 0 radical (unpaired) electrons. The zero-order valence-electron chi connectivity index (χ0n) is 43.2. The molecule has 1 aliphatic heterocycles. The number of thioether (sulfide) groups is 1. The molecule has 414 valence electrons. The van der Waals surface area contributed by atoms with Crippen LogP contribution in [0.4, 0.5) is 0 Å². The first-order valence-corrected chi connectivity index (χ1v) is 26.4. The van der Waals surface area contributed by atoms with Crippen molar-refractivity contribution >= 4 is 87.6 Å². The van der Waals surface area contributed by atoms with Crippen LogP contribution in [0.3, 0.4) is 0 Å². The lowest BCUT2D eigenvalue weighted by Crippen LogP contribution is -2.59. The molecule has 0 aliphatic carbocycles. The fourth-order valence-corrected chi connectivity index (χ4v) is 8.78. The summed E-state index contributed by atoms with van der Waals surface area (Å²) in [6.07, 6.45) is 6.13. The van der Waals surface area contributed by atoms with E-state index in [1.165, 1.54) is 31.2 Å². The molecule has 4 aromatic rings. The smallest absolute Gasteiger partial charge is 0.243 e. The van der Waals surface area contributed by atoms with E-state index in [4.69, 9.17) is 11.5 Å². The Balaban J connectivity index is 1.25. The minimum Gasteiger partial charge on any atom is -0.370 e. The van der Waals surface area contributed by atoms with Crippen LogP contribution in [0.1, 0.15) is 69.7 Å². The molecule has 0 spiro atoms. The summed E-state index contributed by atoms with van der Waals surface area (Å²) in [6, 6.07) is 6.29. The van der Waals surface area contributed by atoms with Gasteiger partial charge in [-0.15, -0.1) is 0 Å². The van der Waals surface area contributed by atoms with Crippen molar-refractivity contribution in [2.75, 3.05) is 18.6 Å². The Hall–Kier alpha value is -8.29. The first kappa shape index (κ1) is 59.6. The van der Waals surface area contributed by atoms with Gasteiger partial charge < -0.3 is 69.3 Å². The fourth-order valence-electron chi connectivity index (χ4n) is 8.31. The molecule has 5 rings (SSSR count). The number of aromatic nitrogens is 3. The quantitative estimate of drug-likeness (QED) is 0.0266. The summed E-state index contributed by atoms with van der Waals surface area (Å²) in [4.78, 5) is 156. The Kier molecular flexibility index (Phi) is 22.5. The normalized spacial score (nSPS) is 15.8. The van der Waals surface area contributed by atoms with E-state index in [-0.39, 0.29) is 57.3 Å². The van der Waals surface area contributed by atoms with Crippen molar-refractivity contribution in [2.24, 2.45) is 17.4 Å². The van der Waals surface area contributed by atoms with Gasteiger partial charge in [0.25, 0.3) is 0 Å². The van der Waals surface area contributed by atoms with Gasteiger partial charge in [0.05, 0.1) is 12.9 Å². The van der Waals surface area contributed by atoms with Gasteiger partial charge in [-0.25, -0.2) is 4.98 Å². The van der Waals surface area contributed by atoms with E-state index in [0.29, 0.717) is 22.6 Å². The average molecular weight is 1090 g/mol. The Morgan fingerprint density at radius 1 is 0.688 bits per heavy atom. The summed E-state index contributed by atoms with van der Waals surface area (Å²) in [5.41, 5.74) is 13.5. The molecular formula is C51H68N14O11S. The molecule has 26 heteroatoms. The van der Waals surface area contributed by atoms with Crippen molar-refractivity contribution in [1.82, 2.24) is 62.8 Å². The van der Waals surface area contributed by atoms with Crippen LogP contribution in [0.5, 0.6) is 0 Å². The SMILES string of the molecule is CSCC[C@H](NC(=O)[C@H](Cc1ccccc1)NC(=O)[C@H](Cc1cnc[nH]1)NC(=O)CNC(=O)[C@@H](NC(=O)[C@H](C)NC(=O)[C@H](Cc1c[nH]c2ccccc12)NC(=O)[C@H](CCC(N)=O)NC(=O)[C@@H]1CCC(=O)N1)C(C)C)C(N)=O. The third kappa shape index (κ3) is 18.5. The van der Waals surface area contributed by atoms with Gasteiger partial charge in [-0.05, 0) is 61.3 Å². The molecular weight excluding hydrogens is 1020 g/mol. The number of nitrogens with one attached hydrogen (secondary N) is 11. The van der Waals surface area contributed by atoms with Gasteiger partial charge in [-0.3, -0.25) is 52.7 Å². The van der Waals surface area contributed by atoms with Gasteiger partial charge in [0, 0.05) is 61.1 Å². The molecule has 11 amide bonds. The fraction of sp³-hybridized carbons (Fsp3) is 0.451. The zero-order chi connectivity index (χ0) is 56.2. The van der Waals surface area contributed by atoms with Crippen LogP contribution in [-0.2, 0) is 72.0 Å². The number of amides is 11. The van der Waals surface area contributed by atoms with Crippen LogP contribution >= 0.6 is 11.8 Å². The maximum Gasteiger partial charge on any atom is 0.243 e. The van der Waals surface area contributed by atoms with Crippen LogP contribution in [0.2, 0.25) is 0 Å². The van der Waals surface area contributed by atoms with Crippen molar-refractivity contribution in [2.45, 2.75) is 120 Å². The lowest BCUT2D eigenvalue weighted by molar-refractivity contribution is -0.135. The van der Waals surface area contributed by atoms with E-state index in [1.54, 1.807) is 62.5 Å². The molecule has 1 fully saturated rings. The second-order valence-corrected chi connectivity index (χ2v) is 19.9. The maximum absolute atomic E-state index is 14.1. The van der Waals surface area contributed by atoms with Crippen LogP contribution in [0, 0.1) is 5.92 Å². The number of nitrogens with zero attached hydrogens (tertiary/aromatic N) is 1. The molecule has 8 atom stereocenters. The van der Waals surface area contributed by atoms with E-state index in [2.05, 4.69) is 62.8 Å². The van der Waals surface area contributed by atoms with E-state index in [0.717, 1.165) is 10.9 Å². The third-order valence-corrected chi connectivity index (χ3v) is 13.2. The molecule has 0 unspecified atom stereocenters. The summed E-state index contributed by atoms with van der Waals surface area (Å²) < 4.78 is 0. The summed E-state index contributed by atoms with van der Waals surface area (Å²) in [6.45, 7) is 3.96. The second kappa shape index (κ2) is 29.1. The highest BCUT2D eigenvalue weighted by molar-refractivity contribution is 7.98. The molecule has 0 bridgehead atoms. The summed E-state index contributed by atoms with van der Waals surface area (Å²) in [5, 5.41) is 24.1. The van der Waals surface area contributed by atoms with Crippen molar-refractivity contribution in [1.29, 1.82) is 0 Å². The highest BCUT2D eigenvalue weighted by atomic mass is 32.2. The Morgan fingerprint density at radius 3 is 1.95 bits per heavy atom. The van der Waals surface area contributed by atoms with Gasteiger partial charge >= 0.3 is 0 Å². The largest absolute Gasteiger partial charge is 0.370 e. The van der Waals surface area contributed by atoms with Crippen molar-refractivity contribution in [3.05, 3.63) is 90.1 Å². The number of benzene rings is 2. The van der Waals surface area contributed by atoms with Gasteiger partial charge in [0.15, 0.2) is 0 Å². The van der Waals surface area contributed by atoms with E-state index >= 15 is 0 Å². The van der Waals surface area contributed by atoms with Crippen molar-refractivity contribution in [3.63, 3.8) is 0 Å². The zero-order valence-corrected chi connectivity index (χ0v) is 44.0. The summed E-state index contributed by atoms with van der Waals surface area (Å²) in [7, 11) is 0. The number of aromatic amines is 2. The number of hydrogen-bond acceptors (Lipinski definition) is 13. The number of fused-ring (bicyclic) bond motifs is 1. The van der Waals surface area contributed by atoms with Gasteiger partial charge in [0.1, 0.15) is 48.3 Å². The average Bonchev–Trinajstić information content (AvgIpc) is 4.18. The number of H-pyrrole nitrogens is 2. The highest BCUT2D eigenvalue weighted by Crippen LogP contribution is 2.20. The molecule has 2 aromatic heterocycles. The monoisotopic (exact) mass is 1080 g/mol. The molecule has 1 aliphatic rings. The summed E-state index contributed by atoms with van der Waals surface area (Å²) in [5.74, 6) is -8.08. The third-order valence-electron chi connectivity index (χ3n) is 12.6. The first-order chi connectivity index (χ1) is 36.7. The molecule has 25 nitrogen and oxygen atoms in total. The first-order valence-electron chi connectivity index (χ1n) is 25.0. The van der Waals surface area contributed by atoms with Crippen LogP contribution in [0.25, 0.3) is 10.9 Å². The van der Waals surface area contributed by atoms with Crippen LogP contribution in [0.15, 0.2) is 73.3 Å². The standard InChI is InChI=1S/C51H68N14O11S/c1-27(2)43(51(76)56-25-42(68)60-39(22-31-24-54-26-57-31)50(75)63-37(20-29-10-6-5-7-11-29)49(74)61-34(44(53)69)18-19-77-4)65-45(70)28(3)58-48(73)38(21-30-23-55-33-13-9-8-12-32(30)33)64-47(72)36(14-16-40(52)66)62-46(71)35-15-17-41(67)59-35/h5-13,23-24,26-28,34-39,43,55H,14-22,25H2,1-4H3,(H2,52,66)(H2,53,69)(H,54,57)(H,56,76)(H,58,73)(H,59,67)(H,60,68)(H,61,74)(H,62,71)(H,63,75)(H,64,72)(H,65,70)/t28-,34-,35-,36-,37-,38-,39-,43-/m0/s1. The van der Waals surface area contributed by atoms with Crippen LogP contribution < -0.4 is 59.3 Å². The van der Waals surface area contributed by atoms with E-state index in [1.807, 2.05) is 18.4 Å². The maximum atomic E-state index is 14.1. The lowest BCUT2D eigenvalue weighted by Gasteiger charge is -2.26. The number of nitrogens with two attached hydrogens (primary N) is 2. The van der Waals surface area contributed by atoms with Gasteiger partial charge in [-0.2, -0.15) is 11.8 Å². The number of hydrogen-bond donors (Lipinski definition) is 13. The van der Waals surface area contributed by atoms with E-state index in [9.17, 15) is 52.7 Å². The minimum atomic E-state index is -1.37. The molecule has 77 heavy (non-hydrogen) atoms. The number of primary amides is 2. The molecule has 0 saturated carbocycles. The number of carbonyl (C=O) groups excluding carboxylic acids is 11. The highest BCUT2D eigenvalue weighted by Gasteiger charge is 2.35. The number of carbonyl (C=O) groups is 11. The van der Waals surface area contributed by atoms with Crippen molar-refractivity contribution in [3.8, 4) is 0 Å². The Morgan fingerprint density at radius 2 is 1.32 bits per heavy atom. The number of rotatable bonds is 30. The predicted octanol–water partition coefficient (Wildman–Crippen LogP) is -2.11. The molecule has 1 saturated heterocycles. The van der Waals surface area contributed by atoms with Crippen LogP contribution in [-0.4, -0.2) is 147 Å².